The first-order chi connectivity index (χ1) is 7.22. The van der Waals surface area contributed by atoms with Gasteiger partial charge < -0.3 is 4.90 Å². The minimum Gasteiger partial charge on any atom is -0.356 e. The van der Waals surface area contributed by atoms with Crippen LogP contribution in [0, 0.1) is 18.3 Å². The molecule has 78 valence electrons. The lowest BCUT2D eigenvalue weighted by molar-refractivity contribution is 0.661. The summed E-state index contributed by atoms with van der Waals surface area (Å²) in [6.07, 6.45) is 2.30. The Morgan fingerprint density at radius 1 is 1.47 bits per heavy atom. The number of nitriles is 1. The Labute approximate surface area is 91.1 Å². The predicted molar refractivity (Wildman–Crippen MR) is 61.9 cm³/mol. The third-order valence-corrected chi connectivity index (χ3v) is 3.04. The van der Waals surface area contributed by atoms with Crippen molar-refractivity contribution in [3.63, 3.8) is 0 Å². The molecule has 0 bridgehead atoms. The van der Waals surface area contributed by atoms with Gasteiger partial charge in [-0.2, -0.15) is 5.26 Å². The molecule has 1 aromatic carbocycles. The maximum Gasteiger partial charge on any atom is 0.114 e. The van der Waals surface area contributed by atoms with E-state index in [2.05, 4.69) is 36.1 Å². The van der Waals surface area contributed by atoms with E-state index in [1.807, 2.05) is 6.92 Å². The molecule has 0 saturated heterocycles. The molecular weight excluding hydrogens is 184 g/mol. The molecule has 1 heterocycles. The van der Waals surface area contributed by atoms with Crippen LogP contribution >= 0.6 is 0 Å². The van der Waals surface area contributed by atoms with E-state index in [0.717, 1.165) is 19.4 Å². The summed E-state index contributed by atoms with van der Waals surface area (Å²) in [4.78, 5) is 2.21. The summed E-state index contributed by atoms with van der Waals surface area (Å²) >= 11 is 0. The largest absolute Gasteiger partial charge is 0.356 e. The number of hydrogen-bond acceptors (Lipinski definition) is 2. The molecule has 0 aromatic heterocycles. The fraction of sp³-hybridized carbons (Fsp3) is 0.462. The first kappa shape index (κ1) is 10.0. The molecule has 0 radical (unpaired) electrons. The van der Waals surface area contributed by atoms with Crippen molar-refractivity contribution in [2.24, 2.45) is 0 Å². The highest BCUT2D eigenvalue weighted by atomic mass is 15.2. The maximum atomic E-state index is 8.98. The van der Waals surface area contributed by atoms with Gasteiger partial charge in [-0.15, -0.1) is 0 Å². The highest BCUT2D eigenvalue weighted by molar-refractivity contribution is 5.58. The van der Waals surface area contributed by atoms with Crippen molar-refractivity contribution < 1.29 is 0 Å². The number of fused-ring (bicyclic) bond motifs is 1. The Bertz CT molecular complexity index is 403. The molecular formula is C13H16N2. The van der Waals surface area contributed by atoms with E-state index in [4.69, 9.17) is 5.26 Å². The van der Waals surface area contributed by atoms with Gasteiger partial charge in [0.1, 0.15) is 6.04 Å². The highest BCUT2D eigenvalue weighted by Crippen LogP contribution is 2.29. The van der Waals surface area contributed by atoms with Crippen molar-refractivity contribution >= 4 is 5.69 Å². The monoisotopic (exact) mass is 200 g/mol. The van der Waals surface area contributed by atoms with Gasteiger partial charge in [-0.25, -0.2) is 0 Å². The quantitative estimate of drug-likeness (QED) is 0.697. The zero-order valence-electron chi connectivity index (χ0n) is 9.33. The van der Waals surface area contributed by atoms with Gasteiger partial charge in [0.2, 0.25) is 0 Å². The Balaban J connectivity index is 2.39. The van der Waals surface area contributed by atoms with Crippen LogP contribution in [0.4, 0.5) is 5.69 Å². The molecule has 15 heavy (non-hydrogen) atoms. The second kappa shape index (κ2) is 3.94. The summed E-state index contributed by atoms with van der Waals surface area (Å²) in [5, 5.41) is 8.98. The molecule has 2 heteroatoms. The van der Waals surface area contributed by atoms with Gasteiger partial charge in [0.05, 0.1) is 6.07 Å². The summed E-state index contributed by atoms with van der Waals surface area (Å²) in [6, 6.07) is 8.81. The van der Waals surface area contributed by atoms with Crippen LogP contribution in [0.15, 0.2) is 18.2 Å². The number of nitrogens with zero attached hydrogens (tertiary/aromatic N) is 2. The molecule has 0 amide bonds. The lowest BCUT2D eigenvalue weighted by atomic mass is 9.98. The summed E-state index contributed by atoms with van der Waals surface area (Å²) in [5.41, 5.74) is 3.95. The van der Waals surface area contributed by atoms with Crippen LogP contribution in [0.5, 0.6) is 0 Å². The summed E-state index contributed by atoms with van der Waals surface area (Å²) in [6.45, 7) is 5.09. The smallest absolute Gasteiger partial charge is 0.114 e. The molecule has 2 rings (SSSR count). The zero-order valence-corrected chi connectivity index (χ0v) is 9.33. The predicted octanol–water partition coefficient (Wildman–Crippen LogP) is 2.66. The molecule has 0 fully saturated rings. The van der Waals surface area contributed by atoms with Crippen LogP contribution in [-0.2, 0) is 6.42 Å². The number of aryl methyl sites for hydroxylation is 2. The van der Waals surface area contributed by atoms with Crippen LogP contribution < -0.4 is 4.90 Å². The van der Waals surface area contributed by atoms with E-state index in [-0.39, 0.29) is 6.04 Å². The van der Waals surface area contributed by atoms with Gasteiger partial charge in [0, 0.05) is 12.2 Å². The van der Waals surface area contributed by atoms with Gasteiger partial charge in [0.15, 0.2) is 0 Å². The van der Waals surface area contributed by atoms with Crippen molar-refractivity contribution in [3.8, 4) is 6.07 Å². The zero-order chi connectivity index (χ0) is 10.8. The molecule has 1 atom stereocenters. The van der Waals surface area contributed by atoms with Crippen molar-refractivity contribution in [3.05, 3.63) is 29.3 Å². The topological polar surface area (TPSA) is 27.0 Å². The van der Waals surface area contributed by atoms with E-state index in [1.54, 1.807) is 0 Å². The number of hydrogen-bond donors (Lipinski definition) is 0. The van der Waals surface area contributed by atoms with E-state index in [9.17, 15) is 0 Å². The Hall–Kier alpha value is -1.49. The molecule has 1 aromatic rings. The first-order valence-corrected chi connectivity index (χ1v) is 5.48. The van der Waals surface area contributed by atoms with Gasteiger partial charge in [-0.3, -0.25) is 0 Å². The third kappa shape index (κ3) is 1.83. The third-order valence-electron chi connectivity index (χ3n) is 3.04. The van der Waals surface area contributed by atoms with Crippen LogP contribution in [-0.4, -0.2) is 12.6 Å². The highest BCUT2D eigenvalue weighted by Gasteiger charge is 2.20. The number of rotatable bonds is 1. The van der Waals surface area contributed by atoms with Crippen LogP contribution in [0.3, 0.4) is 0 Å². The Morgan fingerprint density at radius 3 is 3.00 bits per heavy atom. The van der Waals surface area contributed by atoms with E-state index < -0.39 is 0 Å². The maximum absolute atomic E-state index is 8.98. The fourth-order valence-electron chi connectivity index (χ4n) is 2.23. The average Bonchev–Trinajstić information content (AvgIpc) is 2.26. The van der Waals surface area contributed by atoms with Crippen molar-refractivity contribution in [1.82, 2.24) is 0 Å². The number of benzene rings is 1. The lowest BCUT2D eigenvalue weighted by Crippen LogP contribution is -2.36. The molecule has 2 nitrogen and oxygen atoms in total. The van der Waals surface area contributed by atoms with E-state index in [1.165, 1.54) is 16.8 Å². The van der Waals surface area contributed by atoms with Crippen LogP contribution in [0.1, 0.15) is 24.5 Å². The Kier molecular flexibility index (Phi) is 2.64. The van der Waals surface area contributed by atoms with Crippen LogP contribution in [0.25, 0.3) is 0 Å². The summed E-state index contributed by atoms with van der Waals surface area (Å²) < 4.78 is 0. The average molecular weight is 200 g/mol. The molecule has 0 spiro atoms. The second-order valence-electron chi connectivity index (χ2n) is 4.23. The van der Waals surface area contributed by atoms with Crippen LogP contribution in [0.2, 0.25) is 0 Å². The molecule has 0 saturated carbocycles. The second-order valence-corrected chi connectivity index (χ2v) is 4.23. The van der Waals surface area contributed by atoms with Gasteiger partial charge in [-0.1, -0.05) is 17.7 Å². The SMILES string of the molecule is Cc1ccc2c(c1)CCCN2C(C)C#N. The van der Waals surface area contributed by atoms with Gasteiger partial charge in [-0.05, 0) is 38.3 Å². The first-order valence-electron chi connectivity index (χ1n) is 5.48. The molecule has 1 aliphatic rings. The molecule has 0 N–H and O–H groups in total. The minimum atomic E-state index is -0.0215. The van der Waals surface area contributed by atoms with Crippen molar-refractivity contribution in [2.75, 3.05) is 11.4 Å². The molecule has 1 unspecified atom stereocenters. The van der Waals surface area contributed by atoms with E-state index >= 15 is 0 Å². The lowest BCUT2D eigenvalue weighted by Gasteiger charge is -2.33. The summed E-state index contributed by atoms with van der Waals surface area (Å²) in [7, 11) is 0. The number of anilines is 1. The van der Waals surface area contributed by atoms with E-state index in [0.29, 0.717) is 0 Å². The molecule has 0 aliphatic carbocycles. The Morgan fingerprint density at radius 2 is 2.27 bits per heavy atom. The standard InChI is InChI=1S/C13H16N2/c1-10-5-6-13-12(8-10)4-3-7-15(13)11(2)9-14/h5-6,8,11H,3-4,7H2,1-2H3. The van der Waals surface area contributed by atoms with Crippen molar-refractivity contribution in [1.29, 1.82) is 5.26 Å². The van der Waals surface area contributed by atoms with Gasteiger partial charge in [0.25, 0.3) is 0 Å². The molecule has 1 aliphatic heterocycles. The van der Waals surface area contributed by atoms with Crippen molar-refractivity contribution in [2.45, 2.75) is 32.7 Å². The minimum absolute atomic E-state index is 0.0215. The van der Waals surface area contributed by atoms with Gasteiger partial charge >= 0.3 is 0 Å². The normalized spacial score (nSPS) is 16.7. The fourth-order valence-corrected chi connectivity index (χ4v) is 2.23. The summed E-state index contributed by atoms with van der Waals surface area (Å²) in [5.74, 6) is 0.